The van der Waals surface area contributed by atoms with Crippen LogP contribution >= 0.6 is 11.3 Å². The van der Waals surface area contributed by atoms with E-state index in [4.69, 9.17) is 4.74 Å². The van der Waals surface area contributed by atoms with E-state index in [1.807, 2.05) is 18.4 Å². The summed E-state index contributed by atoms with van der Waals surface area (Å²) in [6.45, 7) is 6.30. The molecule has 1 aromatic rings. The molecule has 1 saturated heterocycles. The van der Waals surface area contributed by atoms with Crippen molar-refractivity contribution in [3.05, 3.63) is 21.9 Å². The Hall–Kier alpha value is -0.710. The molecule has 0 aromatic carbocycles. The molecule has 0 aliphatic carbocycles. The van der Waals surface area contributed by atoms with E-state index in [-0.39, 0.29) is 17.7 Å². The Morgan fingerprint density at radius 1 is 1.59 bits per heavy atom. The van der Waals surface area contributed by atoms with Crippen LogP contribution in [-0.4, -0.2) is 31.6 Å². The summed E-state index contributed by atoms with van der Waals surface area (Å²) >= 11 is 1.63. The molecule has 1 N–H and O–H groups in total. The molecule has 1 aliphatic heterocycles. The zero-order valence-corrected chi connectivity index (χ0v) is 11.2. The predicted octanol–water partition coefficient (Wildman–Crippen LogP) is 2.25. The minimum atomic E-state index is -0.0180. The topological polar surface area (TPSA) is 38.3 Å². The Morgan fingerprint density at radius 2 is 2.41 bits per heavy atom. The Bertz CT molecular complexity index is 389. The summed E-state index contributed by atoms with van der Waals surface area (Å²) in [6, 6.07) is 2.16. The fourth-order valence-corrected chi connectivity index (χ4v) is 2.82. The van der Waals surface area contributed by atoms with Crippen molar-refractivity contribution in [3.8, 4) is 0 Å². The lowest BCUT2D eigenvalue weighted by Gasteiger charge is -2.17. The van der Waals surface area contributed by atoms with Crippen LogP contribution in [0.3, 0.4) is 0 Å². The Kier molecular flexibility index (Phi) is 4.31. The lowest BCUT2D eigenvalue weighted by atomic mass is 9.94. The summed E-state index contributed by atoms with van der Waals surface area (Å²) in [6.07, 6.45) is 1.08. The molecule has 2 atom stereocenters. The number of thiophene rings is 1. The average Bonchev–Trinajstić information content (AvgIpc) is 2.94. The van der Waals surface area contributed by atoms with Gasteiger partial charge in [0.2, 0.25) is 0 Å². The van der Waals surface area contributed by atoms with Crippen LogP contribution in [0.4, 0.5) is 0 Å². The number of hydrogen-bond acceptors (Lipinski definition) is 4. The van der Waals surface area contributed by atoms with Crippen molar-refractivity contribution < 1.29 is 9.53 Å². The second-order valence-electron chi connectivity index (χ2n) is 4.51. The van der Waals surface area contributed by atoms with Gasteiger partial charge in [0, 0.05) is 21.9 Å². The molecule has 3 nitrogen and oxygen atoms in total. The summed E-state index contributed by atoms with van der Waals surface area (Å²) in [5.41, 5.74) is 0.839. The SMILES string of the molecule is CCCNC1COCC1C(=O)c1csc(C)c1. The smallest absolute Gasteiger partial charge is 0.170 e. The van der Waals surface area contributed by atoms with E-state index in [2.05, 4.69) is 12.2 Å². The molecule has 94 valence electrons. The van der Waals surface area contributed by atoms with Crippen molar-refractivity contribution >= 4 is 17.1 Å². The molecule has 1 fully saturated rings. The fourth-order valence-electron chi connectivity index (χ4n) is 2.13. The van der Waals surface area contributed by atoms with E-state index in [0.29, 0.717) is 13.2 Å². The molecule has 2 heterocycles. The largest absolute Gasteiger partial charge is 0.379 e. The third-order valence-electron chi connectivity index (χ3n) is 3.09. The average molecular weight is 253 g/mol. The number of aryl methyl sites for hydroxylation is 1. The number of ketones is 1. The second-order valence-corrected chi connectivity index (χ2v) is 5.63. The number of Topliss-reactive ketones (excluding diaryl/α,β-unsaturated/α-hetero) is 1. The van der Waals surface area contributed by atoms with Crippen LogP contribution in [0.25, 0.3) is 0 Å². The normalized spacial score (nSPS) is 24.1. The maximum Gasteiger partial charge on any atom is 0.170 e. The van der Waals surface area contributed by atoms with Gasteiger partial charge in [-0.1, -0.05) is 6.92 Å². The van der Waals surface area contributed by atoms with E-state index in [1.165, 1.54) is 4.88 Å². The highest BCUT2D eigenvalue weighted by Gasteiger charge is 2.34. The lowest BCUT2D eigenvalue weighted by Crippen LogP contribution is -2.39. The van der Waals surface area contributed by atoms with Gasteiger partial charge in [-0.3, -0.25) is 4.79 Å². The monoisotopic (exact) mass is 253 g/mol. The molecule has 2 rings (SSSR count). The fraction of sp³-hybridized carbons (Fsp3) is 0.615. The molecular weight excluding hydrogens is 234 g/mol. The third kappa shape index (κ3) is 2.94. The number of rotatable bonds is 5. The van der Waals surface area contributed by atoms with E-state index in [9.17, 15) is 4.79 Å². The lowest BCUT2D eigenvalue weighted by molar-refractivity contribution is 0.0892. The first-order chi connectivity index (χ1) is 8.22. The van der Waals surface area contributed by atoms with E-state index >= 15 is 0 Å². The molecule has 0 saturated carbocycles. The molecule has 0 spiro atoms. The molecule has 0 bridgehead atoms. The summed E-state index contributed by atoms with van der Waals surface area (Å²) in [5, 5.41) is 5.35. The summed E-state index contributed by atoms with van der Waals surface area (Å²) in [5.74, 6) is 0.205. The minimum absolute atomic E-state index is 0.0180. The van der Waals surface area contributed by atoms with E-state index in [1.54, 1.807) is 11.3 Å². The molecule has 1 aromatic heterocycles. The van der Waals surface area contributed by atoms with Crippen molar-refractivity contribution in [2.45, 2.75) is 26.3 Å². The summed E-state index contributed by atoms with van der Waals surface area (Å²) in [7, 11) is 0. The highest BCUT2D eigenvalue weighted by Crippen LogP contribution is 2.22. The van der Waals surface area contributed by atoms with Gasteiger partial charge in [0.25, 0.3) is 0 Å². The van der Waals surface area contributed by atoms with Gasteiger partial charge in [0.15, 0.2) is 5.78 Å². The molecule has 2 unspecified atom stereocenters. The number of carbonyl (C=O) groups excluding carboxylic acids is 1. The second kappa shape index (κ2) is 5.76. The van der Waals surface area contributed by atoms with Gasteiger partial charge in [-0.2, -0.15) is 0 Å². The van der Waals surface area contributed by atoms with Crippen molar-refractivity contribution in [2.75, 3.05) is 19.8 Å². The van der Waals surface area contributed by atoms with Gasteiger partial charge in [0.1, 0.15) is 0 Å². The number of ether oxygens (including phenoxy) is 1. The predicted molar refractivity (Wildman–Crippen MR) is 69.8 cm³/mol. The number of carbonyl (C=O) groups is 1. The summed E-state index contributed by atoms with van der Waals surface area (Å²) in [4.78, 5) is 13.5. The van der Waals surface area contributed by atoms with Crippen molar-refractivity contribution in [1.29, 1.82) is 0 Å². The molecule has 4 heteroatoms. The number of hydrogen-bond donors (Lipinski definition) is 1. The molecule has 0 radical (unpaired) electrons. The highest BCUT2D eigenvalue weighted by atomic mass is 32.1. The van der Waals surface area contributed by atoms with Gasteiger partial charge in [-0.05, 0) is 26.0 Å². The Labute approximate surface area is 106 Å². The van der Waals surface area contributed by atoms with Crippen molar-refractivity contribution in [1.82, 2.24) is 5.32 Å². The molecule has 1 aliphatic rings. The van der Waals surface area contributed by atoms with E-state index in [0.717, 1.165) is 18.5 Å². The van der Waals surface area contributed by atoms with Gasteiger partial charge >= 0.3 is 0 Å². The minimum Gasteiger partial charge on any atom is -0.379 e. The first-order valence-corrected chi connectivity index (χ1v) is 7.00. The Balaban J connectivity index is 2.03. The maximum atomic E-state index is 12.3. The van der Waals surface area contributed by atoms with Gasteiger partial charge < -0.3 is 10.1 Å². The Morgan fingerprint density at radius 3 is 3.06 bits per heavy atom. The summed E-state index contributed by atoms with van der Waals surface area (Å²) < 4.78 is 5.44. The van der Waals surface area contributed by atoms with Crippen LogP contribution in [0.15, 0.2) is 11.4 Å². The first kappa shape index (κ1) is 12.7. The molecular formula is C13H19NO2S. The zero-order chi connectivity index (χ0) is 12.3. The zero-order valence-electron chi connectivity index (χ0n) is 10.4. The highest BCUT2D eigenvalue weighted by molar-refractivity contribution is 7.10. The van der Waals surface area contributed by atoms with Crippen LogP contribution < -0.4 is 5.32 Å². The first-order valence-electron chi connectivity index (χ1n) is 6.13. The third-order valence-corrected chi connectivity index (χ3v) is 3.95. The van der Waals surface area contributed by atoms with Crippen molar-refractivity contribution in [3.63, 3.8) is 0 Å². The van der Waals surface area contributed by atoms with Crippen LogP contribution in [0.2, 0.25) is 0 Å². The van der Waals surface area contributed by atoms with Gasteiger partial charge in [-0.25, -0.2) is 0 Å². The number of nitrogens with one attached hydrogen (secondary N) is 1. The van der Waals surface area contributed by atoms with Gasteiger partial charge in [-0.15, -0.1) is 11.3 Å². The van der Waals surface area contributed by atoms with Crippen LogP contribution in [0.5, 0.6) is 0 Å². The molecule has 0 amide bonds. The van der Waals surface area contributed by atoms with Crippen LogP contribution in [-0.2, 0) is 4.74 Å². The van der Waals surface area contributed by atoms with Crippen LogP contribution in [0.1, 0.15) is 28.6 Å². The standard InChI is InChI=1S/C13H19NO2S/c1-3-4-14-12-7-16-6-11(12)13(15)10-5-9(2)17-8-10/h5,8,11-12,14H,3-4,6-7H2,1-2H3. The van der Waals surface area contributed by atoms with E-state index < -0.39 is 0 Å². The van der Waals surface area contributed by atoms with Crippen molar-refractivity contribution in [2.24, 2.45) is 5.92 Å². The quantitative estimate of drug-likeness (QED) is 0.818. The molecule has 17 heavy (non-hydrogen) atoms. The van der Waals surface area contributed by atoms with Gasteiger partial charge in [0.05, 0.1) is 19.1 Å². The van der Waals surface area contributed by atoms with Crippen LogP contribution in [0, 0.1) is 12.8 Å². The maximum absolute atomic E-state index is 12.3.